The number of benzene rings is 2. The monoisotopic (exact) mass is 301 g/mol. The van der Waals surface area contributed by atoms with Gasteiger partial charge < -0.3 is 9.47 Å². The first kappa shape index (κ1) is 15.8. The van der Waals surface area contributed by atoms with Gasteiger partial charge in [-0.1, -0.05) is 6.92 Å². The third-order valence-corrected chi connectivity index (χ3v) is 3.51. The van der Waals surface area contributed by atoms with Crippen molar-refractivity contribution in [1.82, 2.24) is 0 Å². The van der Waals surface area contributed by atoms with Crippen LogP contribution in [0.1, 0.15) is 23.6 Å². The molecule has 5 heteroatoms. The predicted octanol–water partition coefficient (Wildman–Crippen LogP) is 4.57. The highest BCUT2D eigenvalue weighted by Gasteiger charge is 2.14. The van der Waals surface area contributed by atoms with Crippen LogP contribution in [-0.2, 0) is 6.42 Å². The van der Waals surface area contributed by atoms with Gasteiger partial charge in [0.05, 0.1) is 12.0 Å². The first-order valence-corrected chi connectivity index (χ1v) is 7.06. The molecule has 0 saturated heterocycles. The average Bonchev–Trinajstić information content (AvgIpc) is 2.50. The van der Waals surface area contributed by atoms with Crippen LogP contribution >= 0.6 is 0 Å². The van der Waals surface area contributed by atoms with E-state index in [4.69, 9.17) is 9.47 Å². The minimum absolute atomic E-state index is 0.0753. The van der Waals surface area contributed by atoms with Gasteiger partial charge in [0.2, 0.25) is 0 Å². The van der Waals surface area contributed by atoms with E-state index in [0.29, 0.717) is 11.5 Å². The Morgan fingerprint density at radius 2 is 1.77 bits per heavy atom. The minimum atomic E-state index is -0.396. The Hall–Kier alpha value is -2.56. The van der Waals surface area contributed by atoms with Crippen molar-refractivity contribution < 1.29 is 14.4 Å². The average molecular weight is 301 g/mol. The summed E-state index contributed by atoms with van der Waals surface area (Å²) in [6, 6.07) is 8.67. The Morgan fingerprint density at radius 3 is 2.27 bits per heavy atom. The Balaban J connectivity index is 2.37. The smallest absolute Gasteiger partial charge is 0.270 e. The van der Waals surface area contributed by atoms with Crippen molar-refractivity contribution >= 4 is 5.69 Å². The standard InChI is InChI=1S/C17H19NO4/c1-5-13-10-15(6-7-16(13)21-4)22-17-11(2)8-14(18(19)20)9-12(17)3/h6-10H,5H2,1-4H3. The number of hydrogen-bond donors (Lipinski definition) is 0. The first-order valence-electron chi connectivity index (χ1n) is 7.06. The summed E-state index contributed by atoms with van der Waals surface area (Å²) in [6.07, 6.45) is 0.832. The molecular formula is C17H19NO4. The Labute approximate surface area is 129 Å². The number of nitrogens with zero attached hydrogens (tertiary/aromatic N) is 1. The second kappa shape index (κ2) is 6.47. The van der Waals surface area contributed by atoms with Gasteiger partial charge in [-0.05, 0) is 55.2 Å². The van der Waals surface area contributed by atoms with Gasteiger partial charge in [-0.3, -0.25) is 10.1 Å². The van der Waals surface area contributed by atoms with Crippen molar-refractivity contribution in [3.8, 4) is 17.2 Å². The second-order valence-corrected chi connectivity index (χ2v) is 5.10. The molecule has 0 aromatic heterocycles. The van der Waals surface area contributed by atoms with Crippen LogP contribution in [0.3, 0.4) is 0 Å². The number of ether oxygens (including phenoxy) is 2. The lowest BCUT2D eigenvalue weighted by Gasteiger charge is -2.14. The van der Waals surface area contributed by atoms with Crippen LogP contribution in [0.5, 0.6) is 17.2 Å². The maximum atomic E-state index is 10.9. The van der Waals surface area contributed by atoms with Gasteiger partial charge in [-0.2, -0.15) is 0 Å². The highest BCUT2D eigenvalue weighted by Crippen LogP contribution is 2.34. The third kappa shape index (κ3) is 3.19. The van der Waals surface area contributed by atoms with E-state index in [-0.39, 0.29) is 5.69 Å². The van der Waals surface area contributed by atoms with Crippen molar-refractivity contribution in [1.29, 1.82) is 0 Å². The number of methoxy groups -OCH3 is 1. The zero-order valence-electron chi connectivity index (χ0n) is 13.2. The second-order valence-electron chi connectivity index (χ2n) is 5.10. The summed E-state index contributed by atoms with van der Waals surface area (Å²) in [4.78, 5) is 10.5. The number of hydrogen-bond acceptors (Lipinski definition) is 4. The fraction of sp³-hybridized carbons (Fsp3) is 0.294. The fourth-order valence-electron chi connectivity index (χ4n) is 2.41. The molecule has 0 amide bonds. The highest BCUT2D eigenvalue weighted by atomic mass is 16.6. The van der Waals surface area contributed by atoms with Crippen LogP contribution in [0, 0.1) is 24.0 Å². The van der Waals surface area contributed by atoms with Gasteiger partial charge in [0.25, 0.3) is 5.69 Å². The first-order chi connectivity index (χ1) is 10.5. The molecule has 0 aliphatic heterocycles. The maximum Gasteiger partial charge on any atom is 0.270 e. The number of rotatable bonds is 5. The summed E-state index contributed by atoms with van der Waals surface area (Å²) >= 11 is 0. The van der Waals surface area contributed by atoms with Crippen LogP contribution in [0.15, 0.2) is 30.3 Å². The zero-order valence-corrected chi connectivity index (χ0v) is 13.2. The van der Waals surface area contributed by atoms with Crippen LogP contribution < -0.4 is 9.47 Å². The largest absolute Gasteiger partial charge is 0.496 e. The molecule has 0 atom stereocenters. The van der Waals surface area contributed by atoms with Crippen molar-refractivity contribution in [2.75, 3.05) is 7.11 Å². The minimum Gasteiger partial charge on any atom is -0.496 e. The summed E-state index contributed by atoms with van der Waals surface area (Å²) in [5.74, 6) is 2.17. The molecule has 0 unspecified atom stereocenters. The molecule has 116 valence electrons. The summed E-state index contributed by atoms with van der Waals surface area (Å²) in [6.45, 7) is 5.66. The van der Waals surface area contributed by atoms with Gasteiger partial charge in [-0.25, -0.2) is 0 Å². The van der Waals surface area contributed by atoms with E-state index in [1.807, 2.05) is 25.1 Å². The molecule has 0 fully saturated rings. The van der Waals surface area contributed by atoms with Gasteiger partial charge in [0.15, 0.2) is 0 Å². The molecule has 0 aliphatic carbocycles. The lowest BCUT2D eigenvalue weighted by molar-refractivity contribution is -0.385. The Bertz CT molecular complexity index is 687. The summed E-state index contributed by atoms with van der Waals surface area (Å²) < 4.78 is 11.2. The highest BCUT2D eigenvalue weighted by molar-refractivity contribution is 5.51. The van der Waals surface area contributed by atoms with E-state index < -0.39 is 4.92 Å². The molecule has 0 aliphatic rings. The van der Waals surface area contributed by atoms with E-state index in [9.17, 15) is 10.1 Å². The SMILES string of the molecule is CCc1cc(Oc2c(C)cc([N+](=O)[O-])cc2C)ccc1OC. The van der Waals surface area contributed by atoms with Gasteiger partial charge in [0.1, 0.15) is 17.2 Å². The number of non-ortho nitro benzene ring substituents is 1. The van der Waals surface area contributed by atoms with Crippen molar-refractivity contribution in [2.24, 2.45) is 0 Å². The summed E-state index contributed by atoms with van der Waals surface area (Å²) in [5, 5.41) is 10.9. The van der Waals surface area contributed by atoms with Crippen LogP contribution in [0.25, 0.3) is 0 Å². The van der Waals surface area contributed by atoms with Gasteiger partial charge >= 0.3 is 0 Å². The topological polar surface area (TPSA) is 61.6 Å². The third-order valence-electron chi connectivity index (χ3n) is 3.51. The molecule has 22 heavy (non-hydrogen) atoms. The molecule has 0 heterocycles. The molecular weight excluding hydrogens is 282 g/mol. The normalized spacial score (nSPS) is 10.4. The van der Waals surface area contributed by atoms with Gasteiger partial charge in [-0.15, -0.1) is 0 Å². The Morgan fingerprint density at radius 1 is 1.14 bits per heavy atom. The molecule has 2 aromatic carbocycles. The van der Waals surface area contributed by atoms with Gasteiger partial charge in [0, 0.05) is 12.1 Å². The van der Waals surface area contributed by atoms with Crippen molar-refractivity contribution in [3.63, 3.8) is 0 Å². The lowest BCUT2D eigenvalue weighted by Crippen LogP contribution is -1.96. The lowest BCUT2D eigenvalue weighted by atomic mass is 10.1. The maximum absolute atomic E-state index is 10.9. The zero-order chi connectivity index (χ0) is 16.3. The molecule has 0 saturated carbocycles. The predicted molar refractivity (Wildman–Crippen MR) is 85.0 cm³/mol. The van der Waals surface area contributed by atoms with E-state index in [1.165, 1.54) is 12.1 Å². The van der Waals surface area contributed by atoms with Crippen molar-refractivity contribution in [2.45, 2.75) is 27.2 Å². The molecule has 0 radical (unpaired) electrons. The number of aryl methyl sites for hydroxylation is 3. The number of nitro groups is 1. The van der Waals surface area contributed by atoms with Crippen LogP contribution in [-0.4, -0.2) is 12.0 Å². The molecule has 0 bridgehead atoms. The molecule has 5 nitrogen and oxygen atoms in total. The summed E-state index contributed by atoms with van der Waals surface area (Å²) in [5.41, 5.74) is 2.60. The quantitative estimate of drug-likeness (QED) is 0.599. The number of nitro benzene ring substituents is 1. The van der Waals surface area contributed by atoms with E-state index in [0.717, 1.165) is 28.9 Å². The molecule has 2 aromatic rings. The summed E-state index contributed by atoms with van der Waals surface area (Å²) in [7, 11) is 1.64. The molecule has 2 rings (SSSR count). The molecule has 0 spiro atoms. The van der Waals surface area contributed by atoms with E-state index in [1.54, 1.807) is 21.0 Å². The van der Waals surface area contributed by atoms with E-state index >= 15 is 0 Å². The molecule has 0 N–H and O–H groups in total. The van der Waals surface area contributed by atoms with Crippen LogP contribution in [0.4, 0.5) is 5.69 Å². The van der Waals surface area contributed by atoms with Crippen molar-refractivity contribution in [3.05, 3.63) is 57.1 Å². The van der Waals surface area contributed by atoms with E-state index in [2.05, 4.69) is 0 Å². The fourth-order valence-corrected chi connectivity index (χ4v) is 2.41. The Kier molecular flexibility index (Phi) is 4.65. The van der Waals surface area contributed by atoms with Crippen LogP contribution in [0.2, 0.25) is 0 Å².